The number of benzene rings is 9. The lowest BCUT2D eigenvalue weighted by Gasteiger charge is -2.22. The minimum Gasteiger partial charge on any atom is -0.228 e. The predicted molar refractivity (Wildman–Crippen MR) is 247 cm³/mol. The third-order valence-corrected chi connectivity index (χ3v) is 12.3. The number of hydrogen-bond donors (Lipinski definition) is 0. The smallest absolute Gasteiger partial charge is 0.160 e. The van der Waals surface area contributed by atoms with Crippen LogP contribution in [0.15, 0.2) is 206 Å². The first kappa shape index (κ1) is 34.8. The number of aromatic nitrogens is 2. The molecule has 1 aromatic heterocycles. The third-order valence-electron chi connectivity index (χ3n) is 12.3. The summed E-state index contributed by atoms with van der Waals surface area (Å²) in [5, 5.41) is 5.03. The highest BCUT2D eigenvalue weighted by molar-refractivity contribution is 6.09. The molecule has 11 rings (SSSR count). The molecule has 10 aromatic rings. The van der Waals surface area contributed by atoms with Crippen LogP contribution in [0.2, 0.25) is 0 Å². The first-order valence-electron chi connectivity index (χ1n) is 20.4. The zero-order valence-electron chi connectivity index (χ0n) is 33.0. The molecule has 1 aliphatic rings. The van der Waals surface area contributed by atoms with Crippen molar-refractivity contribution in [3.8, 4) is 78.4 Å². The molecular weight excluding hydrogens is 713 g/mol. The summed E-state index contributed by atoms with van der Waals surface area (Å²) in [7, 11) is 0. The monoisotopic (exact) mass is 752 g/mol. The summed E-state index contributed by atoms with van der Waals surface area (Å²) in [6.45, 7) is 4.74. The van der Waals surface area contributed by atoms with Crippen LogP contribution in [0, 0.1) is 0 Å². The average molecular weight is 753 g/mol. The minimum absolute atomic E-state index is 0.104. The number of nitrogens with zero attached hydrogens (tertiary/aromatic N) is 2. The van der Waals surface area contributed by atoms with Crippen molar-refractivity contribution in [2.75, 3.05) is 0 Å². The standard InChI is InChI=1S/C57H40N2/c1-57(2)51-29-15-28-49(55(51)50-34-40-20-9-10-21-41(40)35-52(50)57)48-31-30-45(46-26-11-12-27-47(46)48)42-23-14-25-44(33-42)54-36-53(58-56(59-54)38-18-7-4-8-19-38)43-24-13-22-39(32-43)37-16-5-3-6-17-37/h3-36H,1-2H3. The maximum Gasteiger partial charge on any atom is 0.160 e. The molecule has 0 unspecified atom stereocenters. The van der Waals surface area contributed by atoms with Gasteiger partial charge in [-0.25, -0.2) is 9.97 Å². The van der Waals surface area contributed by atoms with Crippen molar-refractivity contribution in [3.05, 3.63) is 217 Å². The summed E-state index contributed by atoms with van der Waals surface area (Å²) in [6, 6.07) is 74.3. The van der Waals surface area contributed by atoms with E-state index < -0.39 is 0 Å². The fraction of sp³-hybridized carbons (Fsp3) is 0.0526. The zero-order valence-corrected chi connectivity index (χ0v) is 33.0. The Bertz CT molecular complexity index is 3230. The van der Waals surface area contributed by atoms with E-state index >= 15 is 0 Å². The Hall–Kier alpha value is -7.42. The molecule has 0 saturated heterocycles. The van der Waals surface area contributed by atoms with Gasteiger partial charge in [0.25, 0.3) is 0 Å². The second kappa shape index (κ2) is 13.9. The van der Waals surface area contributed by atoms with Gasteiger partial charge in [-0.2, -0.15) is 0 Å². The van der Waals surface area contributed by atoms with E-state index in [0.717, 1.165) is 39.2 Å². The van der Waals surface area contributed by atoms with E-state index in [4.69, 9.17) is 9.97 Å². The molecule has 2 nitrogen and oxygen atoms in total. The summed E-state index contributed by atoms with van der Waals surface area (Å²) >= 11 is 0. The summed E-state index contributed by atoms with van der Waals surface area (Å²) < 4.78 is 0. The van der Waals surface area contributed by atoms with Crippen LogP contribution < -0.4 is 0 Å². The van der Waals surface area contributed by atoms with Crippen LogP contribution in [-0.4, -0.2) is 9.97 Å². The van der Waals surface area contributed by atoms with Gasteiger partial charge in [-0.1, -0.05) is 190 Å². The van der Waals surface area contributed by atoms with Gasteiger partial charge >= 0.3 is 0 Å². The molecule has 0 fully saturated rings. The highest BCUT2D eigenvalue weighted by atomic mass is 14.9. The second-order valence-corrected chi connectivity index (χ2v) is 16.2. The Balaban J connectivity index is 1.04. The Labute approximate surface area is 345 Å². The maximum atomic E-state index is 5.20. The highest BCUT2D eigenvalue weighted by Crippen LogP contribution is 2.54. The normalized spacial score (nSPS) is 12.7. The van der Waals surface area contributed by atoms with Crippen LogP contribution >= 0.6 is 0 Å². The van der Waals surface area contributed by atoms with E-state index in [1.807, 2.05) is 18.2 Å². The average Bonchev–Trinajstić information content (AvgIpc) is 3.53. The molecule has 0 aliphatic heterocycles. The SMILES string of the molecule is CC1(C)c2cc3ccccc3cc2-c2c(-c3ccc(-c4cccc(-c5cc(-c6cccc(-c7ccccc7)c6)nc(-c6ccccc6)n5)c4)c4ccccc34)cccc21. The molecule has 0 N–H and O–H groups in total. The number of fused-ring (bicyclic) bond motifs is 5. The van der Waals surface area contributed by atoms with Gasteiger partial charge in [-0.05, 0) is 108 Å². The van der Waals surface area contributed by atoms with Crippen molar-refractivity contribution in [1.82, 2.24) is 9.97 Å². The van der Waals surface area contributed by atoms with Crippen LogP contribution in [0.25, 0.3) is 100.0 Å². The Morgan fingerprint density at radius 2 is 0.847 bits per heavy atom. The molecule has 278 valence electrons. The fourth-order valence-electron chi connectivity index (χ4n) is 9.28. The lowest BCUT2D eigenvalue weighted by molar-refractivity contribution is 0.661. The van der Waals surface area contributed by atoms with E-state index in [-0.39, 0.29) is 5.41 Å². The van der Waals surface area contributed by atoms with Crippen LogP contribution in [0.4, 0.5) is 0 Å². The van der Waals surface area contributed by atoms with Crippen molar-refractivity contribution >= 4 is 21.5 Å². The van der Waals surface area contributed by atoms with Gasteiger partial charge in [0.1, 0.15) is 0 Å². The van der Waals surface area contributed by atoms with Crippen LogP contribution in [0.1, 0.15) is 25.0 Å². The van der Waals surface area contributed by atoms with Gasteiger partial charge in [-0.15, -0.1) is 0 Å². The van der Waals surface area contributed by atoms with Gasteiger partial charge in [0.05, 0.1) is 11.4 Å². The maximum absolute atomic E-state index is 5.20. The lowest BCUT2D eigenvalue weighted by atomic mass is 9.81. The van der Waals surface area contributed by atoms with Gasteiger partial charge in [0.2, 0.25) is 0 Å². The molecule has 2 heteroatoms. The van der Waals surface area contributed by atoms with E-state index in [1.54, 1.807) is 0 Å². The Morgan fingerprint density at radius 1 is 0.322 bits per heavy atom. The fourth-order valence-corrected chi connectivity index (χ4v) is 9.28. The van der Waals surface area contributed by atoms with E-state index in [1.165, 1.54) is 66.1 Å². The quantitative estimate of drug-likeness (QED) is 0.169. The molecule has 0 spiro atoms. The topological polar surface area (TPSA) is 25.8 Å². The summed E-state index contributed by atoms with van der Waals surface area (Å²) in [4.78, 5) is 10.3. The van der Waals surface area contributed by atoms with Crippen molar-refractivity contribution in [2.45, 2.75) is 19.3 Å². The van der Waals surface area contributed by atoms with Gasteiger partial charge in [0.15, 0.2) is 5.82 Å². The van der Waals surface area contributed by atoms with E-state index in [9.17, 15) is 0 Å². The number of hydrogen-bond acceptors (Lipinski definition) is 2. The van der Waals surface area contributed by atoms with Gasteiger partial charge in [-0.3, -0.25) is 0 Å². The van der Waals surface area contributed by atoms with Gasteiger partial charge in [0, 0.05) is 22.1 Å². The summed E-state index contributed by atoms with van der Waals surface area (Å²) in [5.74, 6) is 0.705. The predicted octanol–water partition coefficient (Wildman–Crippen LogP) is 15.1. The molecule has 59 heavy (non-hydrogen) atoms. The summed E-state index contributed by atoms with van der Waals surface area (Å²) in [5.41, 5.74) is 17.4. The molecule has 0 saturated carbocycles. The molecular formula is C57H40N2. The second-order valence-electron chi connectivity index (χ2n) is 16.2. The Morgan fingerprint density at radius 3 is 1.56 bits per heavy atom. The third kappa shape index (κ3) is 5.96. The van der Waals surface area contributed by atoms with Gasteiger partial charge < -0.3 is 0 Å². The van der Waals surface area contributed by atoms with Crippen LogP contribution in [0.3, 0.4) is 0 Å². The largest absolute Gasteiger partial charge is 0.228 e. The van der Waals surface area contributed by atoms with E-state index in [0.29, 0.717) is 5.82 Å². The first-order valence-corrected chi connectivity index (χ1v) is 20.4. The van der Waals surface area contributed by atoms with Crippen molar-refractivity contribution in [2.24, 2.45) is 0 Å². The summed E-state index contributed by atoms with van der Waals surface area (Å²) in [6.07, 6.45) is 0. The highest BCUT2D eigenvalue weighted by Gasteiger charge is 2.37. The van der Waals surface area contributed by atoms with Crippen molar-refractivity contribution < 1.29 is 0 Å². The molecule has 0 radical (unpaired) electrons. The van der Waals surface area contributed by atoms with Crippen molar-refractivity contribution in [3.63, 3.8) is 0 Å². The molecule has 0 amide bonds. The number of rotatable bonds is 6. The molecule has 0 atom stereocenters. The van der Waals surface area contributed by atoms with Crippen LogP contribution in [0.5, 0.6) is 0 Å². The van der Waals surface area contributed by atoms with Crippen LogP contribution in [-0.2, 0) is 5.41 Å². The molecule has 0 bridgehead atoms. The molecule has 9 aromatic carbocycles. The zero-order chi connectivity index (χ0) is 39.5. The van der Waals surface area contributed by atoms with Crippen molar-refractivity contribution in [1.29, 1.82) is 0 Å². The molecule has 1 heterocycles. The van der Waals surface area contributed by atoms with E-state index in [2.05, 4.69) is 202 Å². The molecule has 1 aliphatic carbocycles. The Kier molecular flexibility index (Phi) is 8.20. The minimum atomic E-state index is -0.104. The lowest BCUT2D eigenvalue weighted by Crippen LogP contribution is -2.14. The first-order chi connectivity index (χ1) is 29.0.